The maximum absolute atomic E-state index is 11.8. The molecule has 1 rings (SSSR count). The summed E-state index contributed by atoms with van der Waals surface area (Å²) in [5, 5.41) is 13.4. The van der Waals surface area contributed by atoms with Gasteiger partial charge in [0.2, 0.25) is 5.91 Å². The summed E-state index contributed by atoms with van der Waals surface area (Å²) in [6, 6.07) is 6.08. The van der Waals surface area contributed by atoms with Crippen molar-refractivity contribution < 1.29 is 9.72 Å². The molecule has 0 aliphatic carbocycles. The molecule has 1 aromatic rings. The number of carbonyl (C=O) groups is 1. The van der Waals surface area contributed by atoms with Gasteiger partial charge in [0, 0.05) is 18.7 Å². The number of benzene rings is 1. The third kappa shape index (κ3) is 5.86. The lowest BCUT2D eigenvalue weighted by molar-refractivity contribution is -0.384. The number of hydrogen-bond donors (Lipinski definition) is 1. The van der Waals surface area contributed by atoms with Crippen LogP contribution in [0.2, 0.25) is 0 Å². The topological polar surface area (TPSA) is 72.2 Å². The molecule has 5 nitrogen and oxygen atoms in total. The number of nitro benzene ring substituents is 1. The van der Waals surface area contributed by atoms with E-state index in [0.29, 0.717) is 18.5 Å². The minimum atomic E-state index is -0.474. The molecule has 0 radical (unpaired) electrons. The lowest BCUT2D eigenvalue weighted by Gasteiger charge is -2.06. The van der Waals surface area contributed by atoms with E-state index in [-0.39, 0.29) is 18.0 Å². The van der Waals surface area contributed by atoms with E-state index < -0.39 is 4.92 Å². The molecule has 0 saturated heterocycles. The SMILES string of the molecule is C=C/C=C(\C=C)CCNC(=O)Cc1cccc([N+](=O)[O-])c1. The number of nitro groups is 1. The van der Waals surface area contributed by atoms with E-state index in [1.54, 1.807) is 24.3 Å². The standard InChI is InChI=1S/C16H18N2O3/c1-3-6-13(4-2)9-10-17-16(19)12-14-7-5-8-15(11-14)18(20)21/h3-8,11H,1-2,9-10,12H2,(H,17,19)/b13-6+. The highest BCUT2D eigenvalue weighted by Gasteiger charge is 2.08. The molecule has 0 fully saturated rings. The number of nitrogens with one attached hydrogen (secondary N) is 1. The average molecular weight is 286 g/mol. The third-order valence-corrected chi connectivity index (χ3v) is 2.82. The lowest BCUT2D eigenvalue weighted by atomic mass is 10.1. The summed E-state index contributed by atoms with van der Waals surface area (Å²) >= 11 is 0. The zero-order chi connectivity index (χ0) is 15.7. The Hall–Kier alpha value is -2.69. The van der Waals surface area contributed by atoms with Gasteiger partial charge in [-0.15, -0.1) is 0 Å². The van der Waals surface area contributed by atoms with Crippen LogP contribution in [0, 0.1) is 10.1 Å². The van der Waals surface area contributed by atoms with Crippen LogP contribution in [0.4, 0.5) is 5.69 Å². The van der Waals surface area contributed by atoms with Crippen LogP contribution >= 0.6 is 0 Å². The minimum absolute atomic E-state index is 0.0110. The van der Waals surface area contributed by atoms with Gasteiger partial charge < -0.3 is 5.32 Å². The first-order valence-corrected chi connectivity index (χ1v) is 6.51. The number of hydrogen-bond acceptors (Lipinski definition) is 3. The van der Waals surface area contributed by atoms with E-state index in [0.717, 1.165) is 5.57 Å². The smallest absolute Gasteiger partial charge is 0.269 e. The van der Waals surface area contributed by atoms with Gasteiger partial charge in [-0.1, -0.05) is 43.5 Å². The molecule has 0 aromatic heterocycles. The maximum atomic E-state index is 11.8. The number of nitrogens with zero attached hydrogens (tertiary/aromatic N) is 1. The summed E-state index contributed by atoms with van der Waals surface area (Å²) in [5.74, 6) is -0.169. The third-order valence-electron chi connectivity index (χ3n) is 2.82. The Labute approximate surface area is 123 Å². The molecule has 0 saturated carbocycles. The van der Waals surface area contributed by atoms with E-state index >= 15 is 0 Å². The van der Waals surface area contributed by atoms with Crippen LogP contribution in [-0.2, 0) is 11.2 Å². The Bertz CT molecular complexity index is 577. The molecular formula is C16H18N2O3. The molecule has 0 aliphatic rings. The molecule has 1 amide bonds. The van der Waals surface area contributed by atoms with E-state index in [2.05, 4.69) is 18.5 Å². The van der Waals surface area contributed by atoms with Crippen LogP contribution in [0.15, 0.2) is 61.2 Å². The van der Waals surface area contributed by atoms with E-state index in [9.17, 15) is 14.9 Å². The van der Waals surface area contributed by atoms with Crippen LogP contribution in [0.3, 0.4) is 0 Å². The zero-order valence-corrected chi connectivity index (χ0v) is 11.7. The lowest BCUT2D eigenvalue weighted by Crippen LogP contribution is -2.26. The van der Waals surface area contributed by atoms with Gasteiger partial charge in [-0.25, -0.2) is 0 Å². The summed E-state index contributed by atoms with van der Waals surface area (Å²) in [7, 11) is 0. The quantitative estimate of drug-likeness (QED) is 0.453. The Morgan fingerprint density at radius 1 is 1.38 bits per heavy atom. The first-order valence-electron chi connectivity index (χ1n) is 6.51. The summed E-state index contributed by atoms with van der Waals surface area (Å²) in [5.41, 5.74) is 1.59. The van der Waals surface area contributed by atoms with Gasteiger partial charge in [0.15, 0.2) is 0 Å². The van der Waals surface area contributed by atoms with Gasteiger partial charge in [0.25, 0.3) is 5.69 Å². The second-order valence-electron chi connectivity index (χ2n) is 4.39. The molecule has 0 atom stereocenters. The molecule has 110 valence electrons. The molecule has 0 unspecified atom stereocenters. The van der Waals surface area contributed by atoms with Crippen LogP contribution in [0.25, 0.3) is 0 Å². The average Bonchev–Trinajstić information content (AvgIpc) is 2.46. The summed E-state index contributed by atoms with van der Waals surface area (Å²) in [4.78, 5) is 22.0. The van der Waals surface area contributed by atoms with E-state index in [4.69, 9.17) is 0 Å². The largest absolute Gasteiger partial charge is 0.355 e. The predicted molar refractivity (Wildman–Crippen MR) is 82.9 cm³/mol. The Kier molecular flexibility index (Phi) is 6.60. The molecule has 5 heteroatoms. The minimum Gasteiger partial charge on any atom is -0.355 e. The fourth-order valence-electron chi connectivity index (χ4n) is 1.78. The molecule has 0 aliphatic heterocycles. The first kappa shape index (κ1) is 16.4. The summed E-state index contributed by atoms with van der Waals surface area (Å²) in [6.07, 6.45) is 6.00. The van der Waals surface area contributed by atoms with E-state index in [1.807, 2.05) is 6.08 Å². The van der Waals surface area contributed by atoms with Crippen molar-refractivity contribution in [3.05, 3.63) is 76.9 Å². The van der Waals surface area contributed by atoms with Crippen LogP contribution in [-0.4, -0.2) is 17.4 Å². The fourth-order valence-corrected chi connectivity index (χ4v) is 1.78. The number of rotatable bonds is 8. The Morgan fingerprint density at radius 2 is 2.14 bits per heavy atom. The molecule has 0 heterocycles. The fraction of sp³-hybridized carbons (Fsp3) is 0.188. The van der Waals surface area contributed by atoms with Crippen LogP contribution < -0.4 is 5.32 Å². The Balaban J connectivity index is 2.49. The van der Waals surface area contributed by atoms with Gasteiger partial charge in [0.05, 0.1) is 11.3 Å². The van der Waals surface area contributed by atoms with E-state index in [1.165, 1.54) is 12.1 Å². The monoisotopic (exact) mass is 286 g/mol. The molecule has 21 heavy (non-hydrogen) atoms. The van der Waals surface area contributed by atoms with Crippen molar-refractivity contribution in [1.82, 2.24) is 5.32 Å². The zero-order valence-electron chi connectivity index (χ0n) is 11.7. The second kappa shape index (κ2) is 8.47. The Morgan fingerprint density at radius 3 is 2.76 bits per heavy atom. The highest BCUT2D eigenvalue weighted by molar-refractivity contribution is 5.78. The van der Waals surface area contributed by atoms with Crippen molar-refractivity contribution in [2.45, 2.75) is 12.8 Å². The van der Waals surface area contributed by atoms with Gasteiger partial charge in [-0.3, -0.25) is 14.9 Å². The van der Waals surface area contributed by atoms with Gasteiger partial charge >= 0.3 is 0 Å². The number of amides is 1. The van der Waals surface area contributed by atoms with Gasteiger partial charge in [0.1, 0.15) is 0 Å². The number of carbonyl (C=O) groups excluding carboxylic acids is 1. The summed E-state index contributed by atoms with van der Waals surface area (Å²) in [6.45, 7) is 7.77. The van der Waals surface area contributed by atoms with Gasteiger partial charge in [-0.2, -0.15) is 0 Å². The van der Waals surface area contributed by atoms with Crippen molar-refractivity contribution in [1.29, 1.82) is 0 Å². The predicted octanol–water partition coefficient (Wildman–Crippen LogP) is 2.94. The number of non-ortho nitro benzene ring substituents is 1. The van der Waals surface area contributed by atoms with Crippen molar-refractivity contribution >= 4 is 11.6 Å². The molecular weight excluding hydrogens is 268 g/mol. The normalized spacial score (nSPS) is 10.8. The molecule has 1 aromatic carbocycles. The maximum Gasteiger partial charge on any atom is 0.269 e. The molecule has 1 N–H and O–H groups in total. The van der Waals surface area contributed by atoms with Crippen molar-refractivity contribution in [3.8, 4) is 0 Å². The van der Waals surface area contributed by atoms with Crippen LogP contribution in [0.5, 0.6) is 0 Å². The number of allylic oxidation sites excluding steroid dienone is 3. The van der Waals surface area contributed by atoms with Gasteiger partial charge in [-0.05, 0) is 17.6 Å². The summed E-state index contributed by atoms with van der Waals surface area (Å²) < 4.78 is 0. The van der Waals surface area contributed by atoms with Crippen molar-refractivity contribution in [2.75, 3.05) is 6.54 Å². The van der Waals surface area contributed by atoms with Crippen LogP contribution in [0.1, 0.15) is 12.0 Å². The second-order valence-corrected chi connectivity index (χ2v) is 4.39. The van der Waals surface area contributed by atoms with Crippen molar-refractivity contribution in [3.63, 3.8) is 0 Å². The molecule has 0 bridgehead atoms. The molecule has 0 spiro atoms. The highest BCUT2D eigenvalue weighted by atomic mass is 16.6. The first-order chi connectivity index (χ1) is 10.1. The highest BCUT2D eigenvalue weighted by Crippen LogP contribution is 2.13. The van der Waals surface area contributed by atoms with Crippen molar-refractivity contribution in [2.24, 2.45) is 0 Å².